The number of phenolic OH excluding ortho intramolecular Hbond substituents is 1. The number of ether oxygens (including phenoxy) is 1. The lowest BCUT2D eigenvalue weighted by molar-refractivity contribution is 0.0730. The predicted octanol–water partition coefficient (Wildman–Crippen LogP) is 2.20. The van der Waals surface area contributed by atoms with Crippen LogP contribution in [0, 0.1) is 0 Å². The molecule has 9 nitrogen and oxygen atoms in total. The number of sulfonamides is 1. The first kappa shape index (κ1) is 22.9. The van der Waals surface area contributed by atoms with Gasteiger partial charge in [0.15, 0.2) is 5.11 Å². The van der Waals surface area contributed by atoms with Crippen LogP contribution < -0.4 is 16.2 Å². The number of hydrazine groups is 1. The zero-order chi connectivity index (χ0) is 23.4. The lowest BCUT2D eigenvalue weighted by Gasteiger charge is -2.26. The molecule has 33 heavy (non-hydrogen) atoms. The van der Waals surface area contributed by atoms with Gasteiger partial charge in [-0.1, -0.05) is 24.3 Å². The van der Waals surface area contributed by atoms with Crippen molar-refractivity contribution in [3.8, 4) is 5.75 Å². The van der Waals surface area contributed by atoms with Gasteiger partial charge in [0.1, 0.15) is 5.75 Å². The summed E-state index contributed by atoms with van der Waals surface area (Å²) in [6.07, 6.45) is 0. The number of hydrogen-bond donors (Lipinski definition) is 4. The normalized spacial score (nSPS) is 14.5. The molecule has 1 aliphatic rings. The van der Waals surface area contributed by atoms with Crippen molar-refractivity contribution in [3.05, 3.63) is 66.2 Å². The average Bonchev–Trinajstić information content (AvgIpc) is 2.83. The second-order valence-corrected chi connectivity index (χ2v) is 9.64. The Bertz CT molecular complexity index is 1290. The van der Waals surface area contributed by atoms with Crippen LogP contribution in [0.25, 0.3) is 10.8 Å². The van der Waals surface area contributed by atoms with E-state index in [0.717, 1.165) is 10.8 Å². The second-order valence-electron chi connectivity index (χ2n) is 7.29. The number of carbonyl (C=O) groups is 1. The van der Waals surface area contributed by atoms with Crippen molar-refractivity contribution < 1.29 is 23.1 Å². The monoisotopic (exact) mass is 486 g/mol. The van der Waals surface area contributed by atoms with Crippen LogP contribution in [0.15, 0.2) is 65.6 Å². The standard InChI is InChI=1S/C22H22N4O5S2/c27-20-14-16-4-2-1-3-15(16)13-19(20)21(28)24-25-22(32)23-17-5-7-18(8-6-17)33(29,30)26-9-11-31-12-10-26/h1-8,13-14,27H,9-12H2,(H,24,28)(H2,23,25,32). The fourth-order valence-corrected chi connectivity index (χ4v) is 4.98. The first-order valence-electron chi connectivity index (χ1n) is 10.1. The lowest BCUT2D eigenvalue weighted by Crippen LogP contribution is -2.43. The van der Waals surface area contributed by atoms with Crippen molar-refractivity contribution in [2.24, 2.45) is 0 Å². The van der Waals surface area contributed by atoms with Gasteiger partial charge >= 0.3 is 0 Å². The number of rotatable bonds is 4. The number of amides is 1. The first-order chi connectivity index (χ1) is 15.8. The van der Waals surface area contributed by atoms with Gasteiger partial charge in [-0.2, -0.15) is 4.31 Å². The van der Waals surface area contributed by atoms with E-state index in [1.54, 1.807) is 18.2 Å². The molecule has 0 bridgehead atoms. The Morgan fingerprint density at radius 2 is 1.61 bits per heavy atom. The van der Waals surface area contributed by atoms with E-state index in [4.69, 9.17) is 17.0 Å². The third-order valence-corrected chi connectivity index (χ3v) is 7.24. The zero-order valence-corrected chi connectivity index (χ0v) is 19.1. The quantitative estimate of drug-likeness (QED) is 0.327. The third-order valence-electron chi connectivity index (χ3n) is 5.12. The molecule has 1 saturated heterocycles. The molecule has 0 spiro atoms. The van der Waals surface area contributed by atoms with Crippen LogP contribution in [-0.4, -0.2) is 55.2 Å². The van der Waals surface area contributed by atoms with Crippen molar-refractivity contribution in [1.82, 2.24) is 15.2 Å². The Balaban J connectivity index is 1.35. The molecule has 4 rings (SSSR count). The highest BCUT2D eigenvalue weighted by molar-refractivity contribution is 7.89. The maximum atomic E-state index is 12.7. The van der Waals surface area contributed by atoms with Gasteiger partial charge in [0.05, 0.1) is 23.7 Å². The molecule has 1 amide bonds. The predicted molar refractivity (Wildman–Crippen MR) is 128 cm³/mol. The van der Waals surface area contributed by atoms with E-state index in [1.165, 1.54) is 22.5 Å². The number of anilines is 1. The smallest absolute Gasteiger partial charge is 0.273 e. The highest BCUT2D eigenvalue weighted by Crippen LogP contribution is 2.25. The molecule has 3 aromatic rings. The molecular formula is C22H22N4O5S2. The van der Waals surface area contributed by atoms with Gasteiger partial charge in [-0.05, 0) is 59.4 Å². The number of hydrogen-bond acceptors (Lipinski definition) is 6. The number of phenols is 1. The average molecular weight is 487 g/mol. The van der Waals surface area contributed by atoms with E-state index in [1.807, 2.05) is 24.3 Å². The van der Waals surface area contributed by atoms with Crippen LogP contribution >= 0.6 is 12.2 Å². The van der Waals surface area contributed by atoms with Crippen LogP contribution in [-0.2, 0) is 14.8 Å². The molecule has 1 fully saturated rings. The Labute approximate surface area is 196 Å². The van der Waals surface area contributed by atoms with E-state index < -0.39 is 15.9 Å². The minimum Gasteiger partial charge on any atom is -0.507 e. The molecular weight excluding hydrogens is 464 g/mol. The summed E-state index contributed by atoms with van der Waals surface area (Å²) in [6, 6.07) is 16.6. The number of morpholine rings is 1. The van der Waals surface area contributed by atoms with Crippen molar-refractivity contribution >= 4 is 49.7 Å². The zero-order valence-electron chi connectivity index (χ0n) is 17.4. The van der Waals surface area contributed by atoms with E-state index >= 15 is 0 Å². The van der Waals surface area contributed by atoms with E-state index in [0.29, 0.717) is 32.0 Å². The number of nitrogens with zero attached hydrogens (tertiary/aromatic N) is 1. The molecule has 0 saturated carbocycles. The maximum absolute atomic E-state index is 12.7. The van der Waals surface area contributed by atoms with E-state index in [9.17, 15) is 18.3 Å². The molecule has 0 aromatic heterocycles. The summed E-state index contributed by atoms with van der Waals surface area (Å²) in [5.41, 5.74) is 5.64. The van der Waals surface area contributed by atoms with Crippen LogP contribution in [0.2, 0.25) is 0 Å². The molecule has 0 radical (unpaired) electrons. The van der Waals surface area contributed by atoms with Crippen molar-refractivity contribution in [3.63, 3.8) is 0 Å². The van der Waals surface area contributed by atoms with Crippen molar-refractivity contribution in [1.29, 1.82) is 0 Å². The van der Waals surface area contributed by atoms with Crippen LogP contribution in [0.3, 0.4) is 0 Å². The molecule has 1 heterocycles. The number of nitrogens with one attached hydrogen (secondary N) is 3. The molecule has 0 aliphatic carbocycles. The second kappa shape index (κ2) is 9.71. The summed E-state index contributed by atoms with van der Waals surface area (Å²) >= 11 is 5.18. The van der Waals surface area contributed by atoms with E-state index in [2.05, 4.69) is 16.2 Å². The minimum absolute atomic E-state index is 0.0902. The summed E-state index contributed by atoms with van der Waals surface area (Å²) < 4.78 is 32.0. The van der Waals surface area contributed by atoms with Crippen LogP contribution in [0.4, 0.5) is 5.69 Å². The van der Waals surface area contributed by atoms with Crippen molar-refractivity contribution in [2.45, 2.75) is 4.90 Å². The summed E-state index contributed by atoms with van der Waals surface area (Å²) in [7, 11) is -3.58. The maximum Gasteiger partial charge on any atom is 0.273 e. The summed E-state index contributed by atoms with van der Waals surface area (Å²) in [5, 5.41) is 14.8. The number of aromatic hydroxyl groups is 1. The Kier molecular flexibility index (Phi) is 6.75. The topological polar surface area (TPSA) is 120 Å². The molecule has 1 aliphatic heterocycles. The van der Waals surface area contributed by atoms with Gasteiger partial charge in [0.2, 0.25) is 10.0 Å². The van der Waals surface area contributed by atoms with Crippen LogP contribution in [0.5, 0.6) is 5.75 Å². The van der Waals surface area contributed by atoms with Gasteiger partial charge in [0.25, 0.3) is 5.91 Å². The Morgan fingerprint density at radius 1 is 0.970 bits per heavy atom. The molecule has 3 aromatic carbocycles. The molecule has 0 unspecified atom stereocenters. The molecule has 11 heteroatoms. The highest BCUT2D eigenvalue weighted by Gasteiger charge is 2.26. The van der Waals surface area contributed by atoms with Gasteiger partial charge in [-0.25, -0.2) is 8.42 Å². The van der Waals surface area contributed by atoms with E-state index in [-0.39, 0.29) is 21.3 Å². The van der Waals surface area contributed by atoms with Gasteiger partial charge in [0, 0.05) is 18.8 Å². The third kappa shape index (κ3) is 5.22. The summed E-state index contributed by atoms with van der Waals surface area (Å²) in [4.78, 5) is 12.6. The SMILES string of the molecule is O=C(NNC(=S)Nc1ccc(S(=O)(=O)N2CCOCC2)cc1)c1cc2ccccc2cc1O. The number of carbonyl (C=O) groups excluding carboxylic acids is 1. The Morgan fingerprint density at radius 3 is 2.27 bits per heavy atom. The lowest BCUT2D eigenvalue weighted by atomic mass is 10.1. The van der Waals surface area contributed by atoms with Crippen molar-refractivity contribution in [2.75, 3.05) is 31.6 Å². The summed E-state index contributed by atoms with van der Waals surface area (Å²) in [6.45, 7) is 1.40. The first-order valence-corrected chi connectivity index (χ1v) is 12.0. The van der Waals surface area contributed by atoms with Crippen LogP contribution in [0.1, 0.15) is 10.4 Å². The fraction of sp³-hybridized carbons (Fsp3) is 0.182. The molecule has 4 N–H and O–H groups in total. The number of fused-ring (bicyclic) bond motifs is 1. The molecule has 0 atom stereocenters. The van der Waals surface area contributed by atoms with Gasteiger partial charge in [-0.3, -0.25) is 15.6 Å². The minimum atomic E-state index is -3.58. The number of thiocarbonyl (C=S) groups is 1. The van der Waals surface area contributed by atoms with Gasteiger partial charge < -0.3 is 15.2 Å². The largest absolute Gasteiger partial charge is 0.507 e. The fourth-order valence-electron chi connectivity index (χ4n) is 3.40. The number of benzene rings is 3. The van der Waals surface area contributed by atoms with Gasteiger partial charge in [-0.15, -0.1) is 0 Å². The highest BCUT2D eigenvalue weighted by atomic mass is 32.2. The molecule has 172 valence electrons. The summed E-state index contributed by atoms with van der Waals surface area (Å²) in [5.74, 6) is -0.710. The Hall–Kier alpha value is -3.25.